The van der Waals surface area contributed by atoms with Gasteiger partial charge in [0.1, 0.15) is 16.5 Å². The minimum absolute atomic E-state index is 0.00116. The molecule has 1 heterocycles. The molecule has 0 unspecified atom stereocenters. The summed E-state index contributed by atoms with van der Waals surface area (Å²) in [6, 6.07) is 10.4. The molecule has 9 heteroatoms. The first-order valence-electron chi connectivity index (χ1n) is 8.07. The van der Waals surface area contributed by atoms with Crippen molar-refractivity contribution in [3.8, 4) is 6.07 Å². The van der Waals surface area contributed by atoms with Crippen LogP contribution >= 0.6 is 0 Å². The molecule has 2 aromatic carbocycles. The number of carbonyl (C=O) groups is 1. The Morgan fingerprint density at radius 1 is 1.00 bits per heavy atom. The minimum Gasteiger partial charge on any atom is -0.336 e. The van der Waals surface area contributed by atoms with Crippen LogP contribution in [-0.4, -0.2) is 49.7 Å². The van der Waals surface area contributed by atoms with E-state index in [9.17, 15) is 22.0 Å². The number of hydrogen-bond donors (Lipinski definition) is 0. The maximum absolute atomic E-state index is 13.9. The van der Waals surface area contributed by atoms with Gasteiger partial charge in [-0.3, -0.25) is 4.79 Å². The third-order valence-electron chi connectivity index (χ3n) is 4.30. The number of halogens is 2. The quantitative estimate of drug-likeness (QED) is 0.801. The van der Waals surface area contributed by atoms with Crippen LogP contribution in [0.1, 0.15) is 15.9 Å². The van der Waals surface area contributed by atoms with Gasteiger partial charge in [0.05, 0.1) is 11.6 Å². The molecule has 0 N–H and O–H groups in total. The number of nitriles is 1. The Morgan fingerprint density at radius 3 is 2.19 bits per heavy atom. The number of benzene rings is 2. The molecule has 2 aromatic rings. The molecule has 0 saturated carbocycles. The molecule has 1 saturated heterocycles. The molecule has 1 aliphatic rings. The molecule has 0 aromatic heterocycles. The number of piperazine rings is 1. The zero-order valence-electron chi connectivity index (χ0n) is 14.1. The highest BCUT2D eigenvalue weighted by molar-refractivity contribution is 7.89. The highest BCUT2D eigenvalue weighted by Gasteiger charge is 2.32. The van der Waals surface area contributed by atoms with Crippen LogP contribution in [0.5, 0.6) is 0 Å². The van der Waals surface area contributed by atoms with Gasteiger partial charge in [-0.2, -0.15) is 9.57 Å². The van der Waals surface area contributed by atoms with Gasteiger partial charge in [0.2, 0.25) is 10.0 Å². The Hall–Kier alpha value is -2.83. The smallest absolute Gasteiger partial charge is 0.253 e. The second-order valence-electron chi connectivity index (χ2n) is 5.96. The normalized spacial score (nSPS) is 15.4. The third-order valence-corrected chi connectivity index (χ3v) is 6.23. The number of sulfonamides is 1. The lowest BCUT2D eigenvalue weighted by molar-refractivity contribution is 0.0697. The average Bonchev–Trinajstić information content (AvgIpc) is 2.67. The van der Waals surface area contributed by atoms with Gasteiger partial charge in [0.25, 0.3) is 5.91 Å². The van der Waals surface area contributed by atoms with Crippen LogP contribution < -0.4 is 0 Å². The van der Waals surface area contributed by atoms with Gasteiger partial charge in [-0.15, -0.1) is 0 Å². The van der Waals surface area contributed by atoms with Gasteiger partial charge >= 0.3 is 0 Å². The van der Waals surface area contributed by atoms with E-state index in [1.165, 1.54) is 29.2 Å². The number of rotatable bonds is 3. The van der Waals surface area contributed by atoms with Gasteiger partial charge in [-0.1, -0.05) is 0 Å². The van der Waals surface area contributed by atoms with Crippen molar-refractivity contribution >= 4 is 15.9 Å². The minimum atomic E-state index is -4.11. The number of carbonyl (C=O) groups excluding carboxylic acids is 1. The van der Waals surface area contributed by atoms with Crippen LogP contribution in [0.2, 0.25) is 0 Å². The molecule has 0 spiro atoms. The summed E-state index contributed by atoms with van der Waals surface area (Å²) in [5, 5.41) is 8.79. The van der Waals surface area contributed by atoms with Crippen LogP contribution in [-0.2, 0) is 10.0 Å². The van der Waals surface area contributed by atoms with Crippen molar-refractivity contribution < 1.29 is 22.0 Å². The van der Waals surface area contributed by atoms with Gasteiger partial charge in [0, 0.05) is 37.8 Å². The molecule has 1 aliphatic heterocycles. The molecular formula is C18H15F2N3O3S. The monoisotopic (exact) mass is 391 g/mol. The predicted octanol–water partition coefficient (Wildman–Crippen LogP) is 1.98. The number of hydrogen-bond acceptors (Lipinski definition) is 4. The Labute approximate surface area is 155 Å². The Morgan fingerprint density at radius 2 is 1.63 bits per heavy atom. The highest BCUT2D eigenvalue weighted by atomic mass is 32.2. The van der Waals surface area contributed by atoms with E-state index in [4.69, 9.17) is 5.26 Å². The van der Waals surface area contributed by atoms with Crippen LogP contribution in [0.4, 0.5) is 8.78 Å². The van der Waals surface area contributed by atoms with Gasteiger partial charge in [-0.05, 0) is 36.4 Å². The molecule has 27 heavy (non-hydrogen) atoms. The molecule has 3 rings (SSSR count). The standard InChI is InChI=1S/C18H15F2N3O3S/c19-15-5-6-17(16(20)11-15)27(25,26)23-9-7-22(8-10-23)18(24)14-3-1-13(12-21)2-4-14/h1-6,11H,7-10H2. The molecule has 0 radical (unpaired) electrons. The van der Waals surface area contributed by atoms with Gasteiger partial charge in [-0.25, -0.2) is 17.2 Å². The Bertz CT molecular complexity index is 1010. The van der Waals surface area contributed by atoms with Crippen molar-refractivity contribution in [2.45, 2.75) is 4.90 Å². The molecule has 6 nitrogen and oxygen atoms in total. The van der Waals surface area contributed by atoms with E-state index in [0.717, 1.165) is 16.4 Å². The Balaban J connectivity index is 1.70. The lowest BCUT2D eigenvalue weighted by Crippen LogP contribution is -2.50. The van der Waals surface area contributed by atoms with Crippen molar-refractivity contribution in [3.63, 3.8) is 0 Å². The molecule has 1 fully saturated rings. The summed E-state index contributed by atoms with van der Waals surface area (Å²) in [5.74, 6) is -2.28. The summed E-state index contributed by atoms with van der Waals surface area (Å²) in [5.41, 5.74) is 0.832. The van der Waals surface area contributed by atoms with Crippen molar-refractivity contribution in [2.75, 3.05) is 26.2 Å². The van der Waals surface area contributed by atoms with Crippen LogP contribution in [0.3, 0.4) is 0 Å². The van der Waals surface area contributed by atoms with Gasteiger partial charge < -0.3 is 4.90 Å². The van der Waals surface area contributed by atoms with Crippen LogP contribution in [0.15, 0.2) is 47.4 Å². The SMILES string of the molecule is N#Cc1ccc(C(=O)N2CCN(S(=O)(=O)c3ccc(F)cc3F)CC2)cc1. The maximum Gasteiger partial charge on any atom is 0.253 e. The van der Waals surface area contributed by atoms with Crippen LogP contribution in [0.25, 0.3) is 0 Å². The van der Waals surface area contributed by atoms with E-state index in [1.54, 1.807) is 0 Å². The molecule has 140 valence electrons. The summed E-state index contributed by atoms with van der Waals surface area (Å²) in [6.07, 6.45) is 0. The van der Waals surface area contributed by atoms with Crippen molar-refractivity contribution in [1.82, 2.24) is 9.21 Å². The first-order valence-corrected chi connectivity index (χ1v) is 9.51. The summed E-state index contributed by atoms with van der Waals surface area (Å²) in [7, 11) is -4.11. The fraction of sp³-hybridized carbons (Fsp3) is 0.222. The first-order chi connectivity index (χ1) is 12.8. The number of amides is 1. The fourth-order valence-electron chi connectivity index (χ4n) is 2.82. The third kappa shape index (κ3) is 3.82. The van der Waals surface area contributed by atoms with Gasteiger partial charge in [0.15, 0.2) is 0 Å². The van der Waals surface area contributed by atoms with E-state index < -0.39 is 26.6 Å². The Kier molecular flexibility index (Phi) is 5.21. The van der Waals surface area contributed by atoms with E-state index in [-0.39, 0.29) is 32.1 Å². The summed E-state index contributed by atoms with van der Waals surface area (Å²) in [6.45, 7) is 0.282. The highest BCUT2D eigenvalue weighted by Crippen LogP contribution is 2.22. The number of nitrogens with zero attached hydrogens (tertiary/aromatic N) is 3. The second kappa shape index (κ2) is 7.42. The molecule has 0 aliphatic carbocycles. The topological polar surface area (TPSA) is 81.5 Å². The summed E-state index contributed by atoms with van der Waals surface area (Å²) >= 11 is 0. The zero-order valence-corrected chi connectivity index (χ0v) is 14.9. The first kappa shape index (κ1) is 18.9. The van der Waals surface area contributed by atoms with E-state index in [2.05, 4.69) is 0 Å². The lowest BCUT2D eigenvalue weighted by atomic mass is 10.1. The van der Waals surface area contributed by atoms with Crippen molar-refractivity contribution in [3.05, 3.63) is 65.2 Å². The molecular weight excluding hydrogens is 376 g/mol. The van der Waals surface area contributed by atoms with Crippen molar-refractivity contribution in [2.24, 2.45) is 0 Å². The lowest BCUT2D eigenvalue weighted by Gasteiger charge is -2.34. The largest absolute Gasteiger partial charge is 0.336 e. The van der Waals surface area contributed by atoms with E-state index >= 15 is 0 Å². The van der Waals surface area contributed by atoms with E-state index in [0.29, 0.717) is 17.2 Å². The maximum atomic E-state index is 13.9. The average molecular weight is 391 g/mol. The van der Waals surface area contributed by atoms with E-state index in [1.807, 2.05) is 6.07 Å². The molecule has 0 atom stereocenters. The summed E-state index contributed by atoms with van der Waals surface area (Å²) in [4.78, 5) is 13.4. The zero-order chi connectivity index (χ0) is 19.6. The molecule has 0 bridgehead atoms. The summed E-state index contributed by atoms with van der Waals surface area (Å²) < 4.78 is 53.1. The second-order valence-corrected chi connectivity index (χ2v) is 7.87. The molecule has 1 amide bonds. The predicted molar refractivity (Wildman–Crippen MR) is 92.2 cm³/mol. The fourth-order valence-corrected chi connectivity index (χ4v) is 4.29. The van der Waals surface area contributed by atoms with Crippen LogP contribution in [0, 0.1) is 23.0 Å². The van der Waals surface area contributed by atoms with Crippen molar-refractivity contribution in [1.29, 1.82) is 5.26 Å².